The molecule has 0 aliphatic heterocycles. The number of rotatable bonds is 6. The third-order valence-electron chi connectivity index (χ3n) is 11.8. The summed E-state index contributed by atoms with van der Waals surface area (Å²) in [4.78, 5) is 20.5. The lowest BCUT2D eigenvalue weighted by Gasteiger charge is -2.14. The van der Waals surface area contributed by atoms with Gasteiger partial charge in [-0.15, -0.1) is 0 Å². The molecule has 3 aromatic heterocycles. The van der Waals surface area contributed by atoms with E-state index < -0.39 is 0 Å². The van der Waals surface area contributed by atoms with Crippen molar-refractivity contribution in [3.05, 3.63) is 212 Å². The van der Waals surface area contributed by atoms with Crippen LogP contribution in [0.15, 0.2) is 212 Å². The molecule has 0 N–H and O–H groups in total. The Labute approximate surface area is 351 Å². The maximum Gasteiger partial charge on any atom is 0.164 e. The second-order valence-corrected chi connectivity index (χ2v) is 15.3. The summed E-state index contributed by atoms with van der Waals surface area (Å²) < 4.78 is 2.45. The van der Waals surface area contributed by atoms with Gasteiger partial charge in [0.15, 0.2) is 17.5 Å². The van der Waals surface area contributed by atoms with Crippen molar-refractivity contribution < 1.29 is 0 Å². The zero-order valence-corrected chi connectivity index (χ0v) is 32.9. The molecule has 0 saturated heterocycles. The Morgan fingerprint density at radius 1 is 0.295 bits per heavy atom. The maximum atomic E-state index is 5.29. The summed E-state index contributed by atoms with van der Waals surface area (Å²) in [5.41, 5.74) is 11.6. The maximum absolute atomic E-state index is 5.29. The average molecular weight is 778 g/mol. The fourth-order valence-corrected chi connectivity index (χ4v) is 9.13. The van der Waals surface area contributed by atoms with E-state index in [2.05, 4.69) is 156 Å². The average Bonchev–Trinajstić information content (AvgIpc) is 3.69. The summed E-state index contributed by atoms with van der Waals surface area (Å²) in [6, 6.07) is 74.5. The van der Waals surface area contributed by atoms with E-state index in [1.807, 2.05) is 60.7 Å². The quantitative estimate of drug-likeness (QED) is 0.158. The molecule has 0 radical (unpaired) electrons. The van der Waals surface area contributed by atoms with Gasteiger partial charge in [-0.1, -0.05) is 182 Å². The SMILES string of the molecule is c1ccc(-c2nc(-c3ccccc3)nc(-c3ccc(-c4cccc5c4c4ccc6c(-c7ccccc7)nc7ccccc7c6c4n5-c4ccccc4)c4ccccc34)n2)cc1. The second-order valence-electron chi connectivity index (χ2n) is 15.3. The van der Waals surface area contributed by atoms with Gasteiger partial charge in [-0.05, 0) is 52.2 Å². The van der Waals surface area contributed by atoms with Gasteiger partial charge in [0, 0.05) is 54.9 Å². The van der Waals surface area contributed by atoms with E-state index >= 15 is 0 Å². The summed E-state index contributed by atoms with van der Waals surface area (Å²) in [7, 11) is 0. The number of aromatic nitrogens is 5. The summed E-state index contributed by atoms with van der Waals surface area (Å²) in [6.45, 7) is 0. The predicted molar refractivity (Wildman–Crippen MR) is 252 cm³/mol. The Bertz CT molecular complexity index is 3560. The van der Waals surface area contributed by atoms with Gasteiger partial charge >= 0.3 is 0 Å². The summed E-state index contributed by atoms with van der Waals surface area (Å²) in [5, 5.41) is 8.01. The van der Waals surface area contributed by atoms with E-state index in [-0.39, 0.29) is 0 Å². The topological polar surface area (TPSA) is 56.5 Å². The molecule has 0 unspecified atom stereocenters. The minimum Gasteiger partial charge on any atom is -0.309 e. The van der Waals surface area contributed by atoms with Crippen LogP contribution in [-0.4, -0.2) is 24.5 Å². The Morgan fingerprint density at radius 2 is 0.820 bits per heavy atom. The number of fused-ring (bicyclic) bond motifs is 8. The number of hydrogen-bond acceptors (Lipinski definition) is 4. The number of hydrogen-bond donors (Lipinski definition) is 0. The van der Waals surface area contributed by atoms with E-state index in [1.165, 1.54) is 16.2 Å². The van der Waals surface area contributed by atoms with E-state index in [4.69, 9.17) is 19.9 Å². The Morgan fingerprint density at radius 3 is 1.49 bits per heavy atom. The molecule has 0 aliphatic rings. The van der Waals surface area contributed by atoms with Crippen LogP contribution in [0.2, 0.25) is 0 Å². The molecule has 12 aromatic rings. The number of pyridine rings is 1. The lowest BCUT2D eigenvalue weighted by Crippen LogP contribution is -2.00. The summed E-state index contributed by atoms with van der Waals surface area (Å²) >= 11 is 0. The fraction of sp³-hybridized carbons (Fsp3) is 0. The predicted octanol–water partition coefficient (Wildman–Crippen LogP) is 14.2. The molecular weight excluding hydrogens is 743 g/mol. The van der Waals surface area contributed by atoms with Crippen molar-refractivity contribution in [2.24, 2.45) is 0 Å². The molecule has 5 nitrogen and oxygen atoms in total. The lowest BCUT2D eigenvalue weighted by molar-refractivity contribution is 1.08. The van der Waals surface area contributed by atoms with Crippen LogP contribution >= 0.6 is 0 Å². The van der Waals surface area contributed by atoms with E-state index in [0.717, 1.165) is 82.9 Å². The highest BCUT2D eigenvalue weighted by atomic mass is 15.0. The summed E-state index contributed by atoms with van der Waals surface area (Å²) in [6.07, 6.45) is 0. The molecule has 0 fully saturated rings. The molecule has 0 aliphatic carbocycles. The van der Waals surface area contributed by atoms with E-state index in [9.17, 15) is 0 Å². The normalized spacial score (nSPS) is 11.6. The van der Waals surface area contributed by atoms with Crippen molar-refractivity contribution in [1.29, 1.82) is 0 Å². The van der Waals surface area contributed by atoms with Crippen molar-refractivity contribution in [2.75, 3.05) is 0 Å². The highest BCUT2D eigenvalue weighted by molar-refractivity contribution is 6.29. The first-order valence-electron chi connectivity index (χ1n) is 20.6. The highest BCUT2D eigenvalue weighted by Gasteiger charge is 2.23. The number of nitrogens with zero attached hydrogens (tertiary/aromatic N) is 5. The van der Waals surface area contributed by atoms with Gasteiger partial charge in [-0.2, -0.15) is 0 Å². The zero-order valence-electron chi connectivity index (χ0n) is 32.9. The molecule has 284 valence electrons. The third kappa shape index (κ3) is 5.70. The largest absolute Gasteiger partial charge is 0.309 e. The van der Waals surface area contributed by atoms with Crippen LogP contribution in [0.4, 0.5) is 0 Å². The van der Waals surface area contributed by atoms with Crippen molar-refractivity contribution in [3.8, 4) is 62.2 Å². The Kier molecular flexibility index (Phi) is 8.10. The molecule has 0 atom stereocenters. The van der Waals surface area contributed by atoms with Crippen LogP contribution in [-0.2, 0) is 0 Å². The number of benzene rings is 9. The van der Waals surface area contributed by atoms with Crippen LogP contribution in [0.3, 0.4) is 0 Å². The molecule has 0 bridgehead atoms. The van der Waals surface area contributed by atoms with Crippen molar-refractivity contribution in [3.63, 3.8) is 0 Å². The van der Waals surface area contributed by atoms with Crippen LogP contribution in [0.1, 0.15) is 0 Å². The number of para-hydroxylation sites is 2. The zero-order chi connectivity index (χ0) is 40.3. The van der Waals surface area contributed by atoms with Gasteiger partial charge in [-0.3, -0.25) is 0 Å². The van der Waals surface area contributed by atoms with Crippen molar-refractivity contribution in [2.45, 2.75) is 0 Å². The molecule has 9 aromatic carbocycles. The Balaban J connectivity index is 1.15. The molecule has 12 rings (SSSR count). The van der Waals surface area contributed by atoms with Gasteiger partial charge in [-0.25, -0.2) is 19.9 Å². The van der Waals surface area contributed by atoms with E-state index in [0.29, 0.717) is 17.5 Å². The van der Waals surface area contributed by atoms with Gasteiger partial charge < -0.3 is 4.57 Å². The van der Waals surface area contributed by atoms with Crippen LogP contribution < -0.4 is 0 Å². The van der Waals surface area contributed by atoms with E-state index in [1.54, 1.807) is 0 Å². The molecule has 0 spiro atoms. The fourth-order valence-electron chi connectivity index (χ4n) is 9.13. The van der Waals surface area contributed by atoms with Gasteiger partial charge in [0.1, 0.15) is 0 Å². The van der Waals surface area contributed by atoms with Crippen molar-refractivity contribution in [1.82, 2.24) is 24.5 Å². The Hall–Kier alpha value is -8.28. The van der Waals surface area contributed by atoms with Crippen LogP contribution in [0.25, 0.3) is 116 Å². The molecular formula is C56H35N5. The second kappa shape index (κ2) is 14.2. The third-order valence-corrected chi connectivity index (χ3v) is 11.8. The summed E-state index contributed by atoms with van der Waals surface area (Å²) in [5.74, 6) is 1.92. The first-order chi connectivity index (χ1) is 30.3. The monoisotopic (exact) mass is 777 g/mol. The van der Waals surface area contributed by atoms with Crippen LogP contribution in [0.5, 0.6) is 0 Å². The van der Waals surface area contributed by atoms with Crippen LogP contribution in [0, 0.1) is 0 Å². The van der Waals surface area contributed by atoms with Gasteiger partial charge in [0.2, 0.25) is 0 Å². The smallest absolute Gasteiger partial charge is 0.164 e. The molecule has 3 heterocycles. The minimum atomic E-state index is 0.635. The molecule has 5 heteroatoms. The highest BCUT2D eigenvalue weighted by Crippen LogP contribution is 2.46. The molecule has 0 amide bonds. The first kappa shape index (κ1) is 34.7. The minimum absolute atomic E-state index is 0.635. The lowest BCUT2D eigenvalue weighted by atomic mass is 9.91. The van der Waals surface area contributed by atoms with Gasteiger partial charge in [0.25, 0.3) is 0 Å². The molecule has 0 saturated carbocycles. The van der Waals surface area contributed by atoms with Crippen molar-refractivity contribution >= 4 is 54.3 Å². The standard InChI is InChI=1S/C56H35N5/c1-5-18-36(19-6-1)52-46-34-35-47-50-43(29-17-31-49(50)61(39-24-11-4-12-25-39)53(47)51(46)45-28-15-16-30-48(45)57-52)42-32-33-44(41-27-14-13-26-40(41)42)56-59-54(37-20-7-2-8-21-37)58-55(60-56)38-22-9-3-10-23-38/h1-35H. The first-order valence-corrected chi connectivity index (χ1v) is 20.6. The van der Waals surface area contributed by atoms with Gasteiger partial charge in [0.05, 0.1) is 22.2 Å². The molecule has 61 heavy (non-hydrogen) atoms.